The molecule has 0 aliphatic rings. The molecule has 2 aromatic rings. The van der Waals surface area contributed by atoms with Crippen molar-refractivity contribution in [1.29, 1.82) is 5.26 Å². The molecule has 2 aromatic carbocycles. The van der Waals surface area contributed by atoms with Crippen LogP contribution in [0.25, 0.3) is 0 Å². The molecule has 21 heavy (non-hydrogen) atoms. The maximum absolute atomic E-state index is 9.48. The molecular formula is C16H15ClN2O2. The number of ether oxygens (including phenoxy) is 2. The Labute approximate surface area is 128 Å². The molecule has 0 saturated carbocycles. The minimum absolute atomic E-state index is 0.475. The Hall–Kier alpha value is -2.38. The Bertz CT molecular complexity index is 668. The van der Waals surface area contributed by atoms with Gasteiger partial charge in [-0.05, 0) is 24.3 Å². The zero-order chi connectivity index (χ0) is 15.2. The number of hydrogen-bond donors (Lipinski definition) is 1. The molecule has 0 radical (unpaired) electrons. The molecule has 0 bridgehead atoms. The Balaban J connectivity index is 2.40. The van der Waals surface area contributed by atoms with Crippen molar-refractivity contribution in [2.75, 3.05) is 19.5 Å². The van der Waals surface area contributed by atoms with Crippen LogP contribution >= 0.6 is 11.6 Å². The molecule has 0 amide bonds. The van der Waals surface area contributed by atoms with Gasteiger partial charge in [0.2, 0.25) is 0 Å². The van der Waals surface area contributed by atoms with Gasteiger partial charge in [-0.15, -0.1) is 0 Å². The van der Waals surface area contributed by atoms with E-state index in [-0.39, 0.29) is 0 Å². The monoisotopic (exact) mass is 302 g/mol. The molecule has 108 valence electrons. The molecule has 0 heterocycles. The summed E-state index contributed by atoms with van der Waals surface area (Å²) in [5.74, 6) is 1.22. The summed E-state index contributed by atoms with van der Waals surface area (Å²) < 4.78 is 10.6. The van der Waals surface area contributed by atoms with E-state index in [2.05, 4.69) is 11.4 Å². The third-order valence-electron chi connectivity index (χ3n) is 3.06. The number of nitriles is 1. The van der Waals surface area contributed by atoms with Gasteiger partial charge < -0.3 is 14.8 Å². The van der Waals surface area contributed by atoms with Gasteiger partial charge in [-0.2, -0.15) is 5.26 Å². The summed E-state index contributed by atoms with van der Waals surface area (Å²) in [7, 11) is 3.13. The van der Waals surface area contributed by atoms with Gasteiger partial charge in [0.25, 0.3) is 0 Å². The zero-order valence-electron chi connectivity index (χ0n) is 11.8. The summed E-state index contributed by atoms with van der Waals surface area (Å²) in [6.45, 7) is 0. The Morgan fingerprint density at radius 2 is 1.71 bits per heavy atom. The second-order valence-electron chi connectivity index (χ2n) is 4.26. The molecular weight excluding hydrogens is 288 g/mol. The van der Waals surface area contributed by atoms with E-state index >= 15 is 0 Å². The predicted molar refractivity (Wildman–Crippen MR) is 83.0 cm³/mol. The van der Waals surface area contributed by atoms with Crippen LogP contribution in [0.3, 0.4) is 0 Å². The van der Waals surface area contributed by atoms with Gasteiger partial charge in [-0.1, -0.05) is 29.8 Å². The average Bonchev–Trinajstić information content (AvgIpc) is 2.53. The molecule has 2 rings (SSSR count). The Kier molecular flexibility index (Phi) is 4.91. The summed E-state index contributed by atoms with van der Waals surface area (Å²) in [4.78, 5) is 0. The average molecular weight is 303 g/mol. The minimum atomic E-state index is -0.648. The quantitative estimate of drug-likeness (QED) is 0.906. The van der Waals surface area contributed by atoms with Gasteiger partial charge in [-0.25, -0.2) is 0 Å². The molecule has 0 aromatic heterocycles. The zero-order valence-corrected chi connectivity index (χ0v) is 12.5. The third-order valence-corrected chi connectivity index (χ3v) is 3.39. The van der Waals surface area contributed by atoms with Gasteiger partial charge in [-0.3, -0.25) is 0 Å². The summed E-state index contributed by atoms with van der Waals surface area (Å²) in [6, 6.07) is 14.2. The van der Waals surface area contributed by atoms with Gasteiger partial charge in [0, 0.05) is 5.56 Å². The Morgan fingerprint density at radius 1 is 1.05 bits per heavy atom. The Morgan fingerprint density at radius 3 is 2.38 bits per heavy atom. The van der Waals surface area contributed by atoms with Crippen LogP contribution in [0.15, 0.2) is 42.5 Å². The maximum Gasteiger partial charge on any atom is 0.145 e. The second kappa shape index (κ2) is 6.87. The highest BCUT2D eigenvalue weighted by Gasteiger charge is 2.20. The van der Waals surface area contributed by atoms with Crippen LogP contribution in [0.1, 0.15) is 11.6 Å². The van der Waals surface area contributed by atoms with Crippen LogP contribution in [-0.4, -0.2) is 14.2 Å². The number of anilines is 1. The predicted octanol–water partition coefficient (Wildman–Crippen LogP) is 4.03. The first kappa shape index (κ1) is 15.0. The number of methoxy groups -OCH3 is 2. The largest absolute Gasteiger partial charge is 0.496 e. The van der Waals surface area contributed by atoms with Crippen LogP contribution in [0.2, 0.25) is 5.02 Å². The molecule has 1 unspecified atom stereocenters. The fourth-order valence-corrected chi connectivity index (χ4v) is 2.34. The van der Waals surface area contributed by atoms with Crippen molar-refractivity contribution in [2.45, 2.75) is 6.04 Å². The molecule has 5 heteroatoms. The van der Waals surface area contributed by atoms with Gasteiger partial charge in [0.15, 0.2) is 0 Å². The van der Waals surface area contributed by atoms with E-state index in [1.165, 1.54) is 0 Å². The number of para-hydroxylation sites is 2. The van der Waals surface area contributed by atoms with E-state index in [9.17, 15) is 5.26 Å². The molecule has 0 spiro atoms. The lowest BCUT2D eigenvalue weighted by Gasteiger charge is -2.19. The van der Waals surface area contributed by atoms with Gasteiger partial charge in [0.1, 0.15) is 17.5 Å². The van der Waals surface area contributed by atoms with Gasteiger partial charge >= 0.3 is 0 Å². The van der Waals surface area contributed by atoms with Crippen LogP contribution in [0, 0.1) is 11.3 Å². The molecule has 1 atom stereocenters. The number of nitrogens with zero attached hydrogens (tertiary/aromatic N) is 1. The molecule has 0 aliphatic carbocycles. The summed E-state index contributed by atoms with van der Waals surface area (Å²) >= 11 is 6.22. The normalized spacial score (nSPS) is 11.3. The van der Waals surface area contributed by atoms with E-state index in [0.29, 0.717) is 27.8 Å². The van der Waals surface area contributed by atoms with Crippen LogP contribution in [-0.2, 0) is 0 Å². The van der Waals surface area contributed by atoms with E-state index < -0.39 is 6.04 Å². The lowest BCUT2D eigenvalue weighted by Crippen LogP contribution is -2.11. The van der Waals surface area contributed by atoms with Gasteiger partial charge in [0.05, 0.1) is 31.0 Å². The lowest BCUT2D eigenvalue weighted by atomic mass is 10.1. The van der Waals surface area contributed by atoms with E-state index in [1.54, 1.807) is 32.4 Å². The van der Waals surface area contributed by atoms with Crippen LogP contribution < -0.4 is 14.8 Å². The number of benzene rings is 2. The first-order valence-electron chi connectivity index (χ1n) is 6.32. The highest BCUT2D eigenvalue weighted by molar-refractivity contribution is 6.31. The van der Waals surface area contributed by atoms with E-state index in [4.69, 9.17) is 21.1 Å². The number of hydrogen-bond acceptors (Lipinski definition) is 4. The molecule has 0 aliphatic heterocycles. The van der Waals surface area contributed by atoms with Crippen molar-refractivity contribution < 1.29 is 9.47 Å². The fraction of sp³-hybridized carbons (Fsp3) is 0.188. The second-order valence-corrected chi connectivity index (χ2v) is 4.67. The molecule has 0 saturated heterocycles. The van der Waals surface area contributed by atoms with E-state index in [0.717, 1.165) is 0 Å². The first-order valence-corrected chi connectivity index (χ1v) is 6.70. The molecule has 1 N–H and O–H groups in total. The van der Waals surface area contributed by atoms with Crippen molar-refractivity contribution in [1.82, 2.24) is 0 Å². The number of halogens is 1. The molecule has 4 nitrogen and oxygen atoms in total. The fourth-order valence-electron chi connectivity index (χ4n) is 2.06. The van der Waals surface area contributed by atoms with Crippen molar-refractivity contribution >= 4 is 17.3 Å². The first-order chi connectivity index (χ1) is 10.2. The SMILES string of the molecule is COc1ccccc1NC(C#N)c1c(Cl)cccc1OC. The molecule has 0 fully saturated rings. The highest BCUT2D eigenvalue weighted by Crippen LogP contribution is 2.35. The number of rotatable bonds is 5. The lowest BCUT2D eigenvalue weighted by molar-refractivity contribution is 0.408. The highest BCUT2D eigenvalue weighted by atomic mass is 35.5. The number of nitrogens with one attached hydrogen (secondary N) is 1. The van der Waals surface area contributed by atoms with Crippen molar-refractivity contribution in [2.24, 2.45) is 0 Å². The van der Waals surface area contributed by atoms with E-state index in [1.807, 2.05) is 24.3 Å². The smallest absolute Gasteiger partial charge is 0.145 e. The van der Waals surface area contributed by atoms with Crippen molar-refractivity contribution in [3.05, 3.63) is 53.1 Å². The van der Waals surface area contributed by atoms with Crippen molar-refractivity contribution in [3.8, 4) is 17.6 Å². The standard InChI is InChI=1S/C16H15ClN2O2/c1-20-14-8-4-3-7-12(14)19-13(10-18)16-11(17)6-5-9-15(16)21-2/h3-9,13,19H,1-2H3. The van der Waals surface area contributed by atoms with Crippen molar-refractivity contribution in [3.63, 3.8) is 0 Å². The van der Waals surface area contributed by atoms with Crippen LogP contribution in [0.4, 0.5) is 5.69 Å². The van der Waals surface area contributed by atoms with Crippen LogP contribution in [0.5, 0.6) is 11.5 Å². The topological polar surface area (TPSA) is 54.3 Å². The summed E-state index contributed by atoms with van der Waals surface area (Å²) in [5.41, 5.74) is 1.32. The third kappa shape index (κ3) is 3.21. The summed E-state index contributed by atoms with van der Waals surface area (Å²) in [5, 5.41) is 13.1. The minimum Gasteiger partial charge on any atom is -0.496 e. The maximum atomic E-state index is 9.48. The summed E-state index contributed by atoms with van der Waals surface area (Å²) in [6.07, 6.45) is 0.